The van der Waals surface area contributed by atoms with Gasteiger partial charge in [0.25, 0.3) is 0 Å². The second kappa shape index (κ2) is 4.74. The van der Waals surface area contributed by atoms with E-state index in [0.717, 1.165) is 0 Å². The highest BCUT2D eigenvalue weighted by Crippen LogP contribution is 1.96. The smallest absolute Gasteiger partial charge is 0.141 e. The predicted molar refractivity (Wildman–Crippen MR) is 44.5 cm³/mol. The van der Waals surface area contributed by atoms with E-state index in [0.29, 0.717) is 25.8 Å². The number of nitrogens with two attached hydrogens (primary N) is 1. The molecule has 0 bridgehead atoms. The molecule has 1 rings (SSSR count). The summed E-state index contributed by atoms with van der Waals surface area (Å²) in [6.45, 7) is 1.65. The first-order chi connectivity index (χ1) is 5.83. The SMILES string of the molecule is COCCOCn1cnc(N)c1. The van der Waals surface area contributed by atoms with Gasteiger partial charge in [-0.2, -0.15) is 0 Å². The van der Waals surface area contributed by atoms with Crippen molar-refractivity contribution < 1.29 is 9.47 Å². The summed E-state index contributed by atoms with van der Waals surface area (Å²) < 4.78 is 11.8. The summed E-state index contributed by atoms with van der Waals surface area (Å²) in [5.41, 5.74) is 5.40. The molecule has 0 fully saturated rings. The molecule has 0 aliphatic rings. The molecule has 1 heterocycles. The molecule has 0 amide bonds. The maximum absolute atomic E-state index is 5.40. The lowest BCUT2D eigenvalue weighted by Crippen LogP contribution is -2.05. The van der Waals surface area contributed by atoms with Crippen LogP contribution in [0.1, 0.15) is 0 Å². The Morgan fingerprint density at radius 3 is 3.00 bits per heavy atom. The molecule has 0 aliphatic heterocycles. The lowest BCUT2D eigenvalue weighted by molar-refractivity contribution is 0.0341. The van der Waals surface area contributed by atoms with E-state index in [-0.39, 0.29) is 0 Å². The molecule has 1 aromatic rings. The molecular formula is C7H13N3O2. The van der Waals surface area contributed by atoms with Crippen LogP contribution in [0.2, 0.25) is 0 Å². The first-order valence-corrected chi connectivity index (χ1v) is 3.67. The molecule has 2 N–H and O–H groups in total. The van der Waals surface area contributed by atoms with Crippen LogP contribution >= 0.6 is 0 Å². The van der Waals surface area contributed by atoms with Crippen LogP contribution in [0.25, 0.3) is 0 Å². The number of methoxy groups -OCH3 is 1. The van der Waals surface area contributed by atoms with E-state index in [1.165, 1.54) is 0 Å². The second-order valence-electron chi connectivity index (χ2n) is 2.34. The first kappa shape index (κ1) is 9.02. The van der Waals surface area contributed by atoms with Crippen LogP contribution in [0.4, 0.5) is 5.82 Å². The highest BCUT2D eigenvalue weighted by Gasteiger charge is 1.92. The van der Waals surface area contributed by atoms with Gasteiger partial charge in [0, 0.05) is 13.3 Å². The van der Waals surface area contributed by atoms with E-state index in [1.807, 2.05) is 0 Å². The quantitative estimate of drug-likeness (QED) is 0.637. The fourth-order valence-corrected chi connectivity index (χ4v) is 0.760. The summed E-state index contributed by atoms with van der Waals surface area (Å²) >= 11 is 0. The second-order valence-corrected chi connectivity index (χ2v) is 2.34. The van der Waals surface area contributed by atoms with E-state index in [2.05, 4.69) is 4.98 Å². The third kappa shape index (κ3) is 2.89. The van der Waals surface area contributed by atoms with Crippen molar-refractivity contribution in [3.05, 3.63) is 12.5 Å². The Hall–Kier alpha value is -1.07. The largest absolute Gasteiger partial charge is 0.382 e. The molecule has 12 heavy (non-hydrogen) atoms. The normalized spacial score (nSPS) is 10.4. The summed E-state index contributed by atoms with van der Waals surface area (Å²) in [6, 6.07) is 0. The number of rotatable bonds is 5. The summed E-state index contributed by atoms with van der Waals surface area (Å²) in [5.74, 6) is 0.505. The van der Waals surface area contributed by atoms with Gasteiger partial charge in [-0.1, -0.05) is 0 Å². The van der Waals surface area contributed by atoms with Crippen LogP contribution in [0.5, 0.6) is 0 Å². The Morgan fingerprint density at radius 1 is 1.58 bits per heavy atom. The minimum Gasteiger partial charge on any atom is -0.382 e. The molecule has 0 aliphatic carbocycles. The van der Waals surface area contributed by atoms with Crippen LogP contribution in [0.15, 0.2) is 12.5 Å². The average molecular weight is 171 g/mol. The Labute approximate surface area is 71.1 Å². The van der Waals surface area contributed by atoms with Gasteiger partial charge >= 0.3 is 0 Å². The molecule has 0 radical (unpaired) electrons. The lowest BCUT2D eigenvalue weighted by atomic mass is 10.7. The number of hydrogen-bond donors (Lipinski definition) is 1. The molecule has 68 valence electrons. The van der Waals surface area contributed by atoms with Crippen molar-refractivity contribution in [2.75, 3.05) is 26.1 Å². The van der Waals surface area contributed by atoms with E-state index >= 15 is 0 Å². The van der Waals surface area contributed by atoms with E-state index in [9.17, 15) is 0 Å². The number of imidazole rings is 1. The number of aromatic nitrogens is 2. The van der Waals surface area contributed by atoms with Gasteiger partial charge in [0.2, 0.25) is 0 Å². The lowest BCUT2D eigenvalue weighted by Gasteiger charge is -2.02. The highest BCUT2D eigenvalue weighted by atomic mass is 16.5. The van der Waals surface area contributed by atoms with Crippen molar-refractivity contribution in [2.24, 2.45) is 0 Å². The van der Waals surface area contributed by atoms with Gasteiger partial charge in [0.05, 0.1) is 19.5 Å². The predicted octanol–water partition coefficient (Wildman–Crippen LogP) is 0.0858. The fourth-order valence-electron chi connectivity index (χ4n) is 0.760. The van der Waals surface area contributed by atoms with Crippen molar-refractivity contribution in [3.63, 3.8) is 0 Å². The number of nitrogens with zero attached hydrogens (tertiary/aromatic N) is 2. The molecule has 0 unspecified atom stereocenters. The van der Waals surface area contributed by atoms with Gasteiger partial charge in [0.15, 0.2) is 0 Å². The Balaban J connectivity index is 2.15. The van der Waals surface area contributed by atoms with Gasteiger partial charge in [-0.15, -0.1) is 0 Å². The fraction of sp³-hybridized carbons (Fsp3) is 0.571. The third-order valence-corrected chi connectivity index (χ3v) is 1.33. The molecule has 0 aromatic carbocycles. The maximum atomic E-state index is 5.40. The van der Waals surface area contributed by atoms with Crippen molar-refractivity contribution >= 4 is 5.82 Å². The van der Waals surface area contributed by atoms with E-state index in [4.69, 9.17) is 15.2 Å². The van der Waals surface area contributed by atoms with Crippen LogP contribution in [-0.2, 0) is 16.2 Å². The molecule has 1 aromatic heterocycles. The first-order valence-electron chi connectivity index (χ1n) is 3.67. The van der Waals surface area contributed by atoms with Gasteiger partial charge in [-0.3, -0.25) is 0 Å². The van der Waals surface area contributed by atoms with Gasteiger partial charge < -0.3 is 19.8 Å². The summed E-state index contributed by atoms with van der Waals surface area (Å²) in [4.78, 5) is 3.85. The van der Waals surface area contributed by atoms with Gasteiger partial charge in [0.1, 0.15) is 12.5 Å². The molecule has 0 saturated heterocycles. The molecule has 0 atom stereocenters. The Morgan fingerprint density at radius 2 is 2.42 bits per heavy atom. The number of nitrogen functional groups attached to an aromatic ring is 1. The summed E-state index contributed by atoms with van der Waals surface area (Å²) in [7, 11) is 1.64. The topological polar surface area (TPSA) is 62.3 Å². The minimum absolute atomic E-state index is 0.466. The average Bonchev–Trinajstić information content (AvgIpc) is 2.45. The zero-order valence-electron chi connectivity index (χ0n) is 7.06. The molecule has 5 nitrogen and oxygen atoms in total. The molecule has 0 saturated carbocycles. The van der Waals surface area contributed by atoms with Crippen LogP contribution in [-0.4, -0.2) is 29.9 Å². The molecule has 5 heteroatoms. The van der Waals surface area contributed by atoms with Crippen molar-refractivity contribution in [3.8, 4) is 0 Å². The zero-order chi connectivity index (χ0) is 8.81. The van der Waals surface area contributed by atoms with Gasteiger partial charge in [-0.05, 0) is 0 Å². The highest BCUT2D eigenvalue weighted by molar-refractivity contribution is 5.22. The third-order valence-electron chi connectivity index (χ3n) is 1.33. The van der Waals surface area contributed by atoms with Gasteiger partial charge in [-0.25, -0.2) is 4.98 Å². The molecular weight excluding hydrogens is 158 g/mol. The van der Waals surface area contributed by atoms with Crippen LogP contribution < -0.4 is 5.73 Å². The van der Waals surface area contributed by atoms with Crippen molar-refractivity contribution in [2.45, 2.75) is 6.73 Å². The van der Waals surface area contributed by atoms with E-state index in [1.54, 1.807) is 24.2 Å². The summed E-state index contributed by atoms with van der Waals surface area (Å²) in [5, 5.41) is 0. The number of ether oxygens (including phenoxy) is 2. The van der Waals surface area contributed by atoms with Crippen molar-refractivity contribution in [1.82, 2.24) is 9.55 Å². The number of hydrogen-bond acceptors (Lipinski definition) is 4. The zero-order valence-corrected chi connectivity index (χ0v) is 7.06. The Kier molecular flexibility index (Phi) is 3.56. The van der Waals surface area contributed by atoms with Crippen LogP contribution in [0.3, 0.4) is 0 Å². The Bertz CT molecular complexity index is 224. The number of anilines is 1. The van der Waals surface area contributed by atoms with Crippen molar-refractivity contribution in [1.29, 1.82) is 0 Å². The maximum Gasteiger partial charge on any atom is 0.141 e. The minimum atomic E-state index is 0.466. The summed E-state index contributed by atoms with van der Waals surface area (Å²) in [6.07, 6.45) is 3.34. The monoisotopic (exact) mass is 171 g/mol. The standard InChI is InChI=1S/C7H13N3O2/c1-11-2-3-12-6-10-4-7(8)9-5-10/h4-5H,2-3,6,8H2,1H3. The molecule has 0 spiro atoms. The van der Waals surface area contributed by atoms with E-state index < -0.39 is 0 Å². The van der Waals surface area contributed by atoms with Crippen LogP contribution in [0, 0.1) is 0 Å².